The number of esters is 1. The molecule has 1 heterocycles. The first-order chi connectivity index (χ1) is 11.0. The van der Waals surface area contributed by atoms with Gasteiger partial charge in [0.1, 0.15) is 11.8 Å². The summed E-state index contributed by atoms with van der Waals surface area (Å²) in [4.78, 5) is 11.8. The van der Waals surface area contributed by atoms with Crippen LogP contribution in [0.1, 0.15) is 31.6 Å². The average molecular weight is 336 g/mol. The van der Waals surface area contributed by atoms with E-state index in [1.165, 1.54) is 6.07 Å². The third kappa shape index (κ3) is 4.21. The minimum absolute atomic E-state index is 0.0945. The maximum atomic E-state index is 11.8. The predicted octanol–water partition coefficient (Wildman–Crippen LogP) is 3.93. The Balaban J connectivity index is 2.09. The van der Waals surface area contributed by atoms with Crippen LogP contribution in [0.3, 0.4) is 0 Å². The average Bonchev–Trinajstić information content (AvgIpc) is 3.03. The lowest BCUT2D eigenvalue weighted by Gasteiger charge is -2.10. The lowest BCUT2D eigenvalue weighted by molar-refractivity contribution is -0.140. The van der Waals surface area contributed by atoms with Crippen LogP contribution >= 0.6 is 11.6 Å². The molecule has 23 heavy (non-hydrogen) atoms. The van der Waals surface area contributed by atoms with Crippen LogP contribution in [0.2, 0.25) is 5.02 Å². The molecule has 0 spiro atoms. The van der Waals surface area contributed by atoms with E-state index in [0.29, 0.717) is 22.9 Å². The second kappa shape index (κ2) is 7.94. The molecule has 2 rings (SSSR count). The van der Waals surface area contributed by atoms with Crippen LogP contribution in [0, 0.1) is 0 Å². The molecule has 6 heteroatoms. The van der Waals surface area contributed by atoms with Gasteiger partial charge in [-0.1, -0.05) is 54.9 Å². The minimum atomic E-state index is -1.31. The molecule has 1 N–H and O–H groups in total. The SMILES string of the molecule is C=C(C(=O)OCCCC)C(O)c1cc(-c2ccccc2Cl)no1. The van der Waals surface area contributed by atoms with E-state index >= 15 is 0 Å². The maximum Gasteiger partial charge on any atom is 0.336 e. The molecule has 0 saturated carbocycles. The Labute approximate surface area is 139 Å². The van der Waals surface area contributed by atoms with Crippen LogP contribution in [-0.2, 0) is 9.53 Å². The van der Waals surface area contributed by atoms with E-state index in [1.54, 1.807) is 18.2 Å². The van der Waals surface area contributed by atoms with Gasteiger partial charge in [-0.3, -0.25) is 0 Å². The quantitative estimate of drug-likeness (QED) is 0.471. The molecule has 1 aromatic heterocycles. The van der Waals surface area contributed by atoms with Crippen LogP contribution < -0.4 is 0 Å². The molecule has 122 valence electrons. The van der Waals surface area contributed by atoms with Crippen molar-refractivity contribution >= 4 is 17.6 Å². The lowest BCUT2D eigenvalue weighted by Crippen LogP contribution is -2.14. The first-order valence-corrected chi connectivity index (χ1v) is 7.68. The molecule has 0 radical (unpaired) electrons. The number of aliphatic hydroxyl groups is 1. The van der Waals surface area contributed by atoms with Gasteiger partial charge < -0.3 is 14.4 Å². The number of hydrogen-bond acceptors (Lipinski definition) is 5. The van der Waals surface area contributed by atoms with Crippen molar-refractivity contribution in [1.82, 2.24) is 5.16 Å². The molecular weight excluding hydrogens is 318 g/mol. The summed E-state index contributed by atoms with van der Waals surface area (Å²) >= 11 is 6.10. The fourth-order valence-electron chi connectivity index (χ4n) is 1.90. The highest BCUT2D eigenvalue weighted by molar-refractivity contribution is 6.33. The molecule has 0 bridgehead atoms. The smallest absolute Gasteiger partial charge is 0.336 e. The van der Waals surface area contributed by atoms with Crippen molar-refractivity contribution < 1.29 is 19.2 Å². The van der Waals surface area contributed by atoms with Crippen LogP contribution in [-0.4, -0.2) is 22.8 Å². The van der Waals surface area contributed by atoms with Gasteiger partial charge in [0, 0.05) is 11.6 Å². The van der Waals surface area contributed by atoms with E-state index in [1.807, 2.05) is 13.0 Å². The molecule has 2 aromatic rings. The number of rotatable bonds is 7. The van der Waals surface area contributed by atoms with E-state index in [-0.39, 0.29) is 11.3 Å². The van der Waals surface area contributed by atoms with Gasteiger partial charge in [-0.2, -0.15) is 0 Å². The Morgan fingerprint density at radius 1 is 1.48 bits per heavy atom. The van der Waals surface area contributed by atoms with Crippen LogP contribution in [0.25, 0.3) is 11.3 Å². The van der Waals surface area contributed by atoms with Crippen molar-refractivity contribution in [1.29, 1.82) is 0 Å². The van der Waals surface area contributed by atoms with Gasteiger partial charge in [-0.05, 0) is 12.5 Å². The number of unbranched alkanes of at least 4 members (excludes halogenated alkanes) is 1. The summed E-state index contributed by atoms with van der Waals surface area (Å²) in [6, 6.07) is 8.65. The van der Waals surface area contributed by atoms with Crippen molar-refractivity contribution in [2.75, 3.05) is 6.61 Å². The molecule has 0 amide bonds. The highest BCUT2D eigenvalue weighted by Crippen LogP contribution is 2.30. The molecule has 1 atom stereocenters. The van der Waals surface area contributed by atoms with Crippen molar-refractivity contribution in [3.63, 3.8) is 0 Å². The Kier molecular flexibility index (Phi) is 5.96. The highest BCUT2D eigenvalue weighted by Gasteiger charge is 2.24. The Bertz CT molecular complexity index is 695. The standard InChI is InChI=1S/C17H18ClNO4/c1-3-4-9-22-17(21)11(2)16(20)15-10-14(19-23-15)12-7-5-6-8-13(12)18/h5-8,10,16,20H,2-4,9H2,1H3. The second-order valence-electron chi connectivity index (χ2n) is 5.01. The van der Waals surface area contributed by atoms with Crippen molar-refractivity contribution in [2.45, 2.75) is 25.9 Å². The van der Waals surface area contributed by atoms with Gasteiger partial charge >= 0.3 is 5.97 Å². The summed E-state index contributed by atoms with van der Waals surface area (Å²) in [7, 11) is 0. The number of nitrogens with zero attached hydrogens (tertiary/aromatic N) is 1. The van der Waals surface area contributed by atoms with E-state index < -0.39 is 12.1 Å². The number of halogens is 1. The van der Waals surface area contributed by atoms with Crippen LogP contribution in [0.15, 0.2) is 47.0 Å². The summed E-state index contributed by atoms with van der Waals surface area (Å²) in [5.74, 6) is -0.543. The first-order valence-electron chi connectivity index (χ1n) is 7.30. The Morgan fingerprint density at radius 3 is 2.91 bits per heavy atom. The van der Waals surface area contributed by atoms with Gasteiger partial charge in [0.2, 0.25) is 0 Å². The van der Waals surface area contributed by atoms with Gasteiger partial charge in [-0.15, -0.1) is 0 Å². The number of aliphatic hydroxyl groups excluding tert-OH is 1. The number of hydrogen-bond donors (Lipinski definition) is 1. The summed E-state index contributed by atoms with van der Waals surface area (Å²) in [5.41, 5.74) is 1.05. The number of aromatic nitrogens is 1. The van der Waals surface area contributed by atoms with Gasteiger partial charge in [0.25, 0.3) is 0 Å². The summed E-state index contributed by atoms with van der Waals surface area (Å²) in [6.45, 7) is 5.85. The molecular formula is C17H18ClNO4. The zero-order valence-electron chi connectivity index (χ0n) is 12.8. The first kappa shape index (κ1) is 17.2. The monoisotopic (exact) mass is 335 g/mol. The molecule has 0 aliphatic rings. The van der Waals surface area contributed by atoms with E-state index in [4.69, 9.17) is 20.9 Å². The molecule has 1 aromatic carbocycles. The normalized spacial score (nSPS) is 12.0. The van der Waals surface area contributed by atoms with E-state index in [0.717, 1.165) is 12.8 Å². The Hall–Kier alpha value is -2.11. The van der Waals surface area contributed by atoms with E-state index in [2.05, 4.69) is 11.7 Å². The molecule has 0 fully saturated rings. The van der Waals surface area contributed by atoms with Crippen molar-refractivity contribution in [3.8, 4) is 11.3 Å². The predicted molar refractivity (Wildman–Crippen MR) is 86.9 cm³/mol. The third-order valence-corrected chi connectivity index (χ3v) is 3.60. The van der Waals surface area contributed by atoms with Gasteiger partial charge in [-0.25, -0.2) is 4.79 Å². The molecule has 0 saturated heterocycles. The third-order valence-electron chi connectivity index (χ3n) is 3.27. The van der Waals surface area contributed by atoms with Gasteiger partial charge in [0.15, 0.2) is 5.76 Å². The Morgan fingerprint density at radius 2 is 2.22 bits per heavy atom. The summed E-state index contributed by atoms with van der Waals surface area (Å²) in [6.07, 6.45) is 0.354. The van der Waals surface area contributed by atoms with Crippen molar-refractivity contribution in [2.24, 2.45) is 0 Å². The van der Waals surface area contributed by atoms with Crippen LogP contribution in [0.5, 0.6) is 0 Å². The zero-order valence-corrected chi connectivity index (χ0v) is 13.5. The number of benzene rings is 1. The number of carbonyl (C=O) groups is 1. The fourth-order valence-corrected chi connectivity index (χ4v) is 2.13. The molecule has 5 nitrogen and oxygen atoms in total. The van der Waals surface area contributed by atoms with Crippen molar-refractivity contribution in [3.05, 3.63) is 53.3 Å². The minimum Gasteiger partial charge on any atom is -0.462 e. The summed E-state index contributed by atoms with van der Waals surface area (Å²) < 4.78 is 10.1. The van der Waals surface area contributed by atoms with E-state index in [9.17, 15) is 9.90 Å². The molecule has 0 aliphatic heterocycles. The molecule has 0 aliphatic carbocycles. The maximum absolute atomic E-state index is 11.8. The van der Waals surface area contributed by atoms with Gasteiger partial charge in [0.05, 0.1) is 17.2 Å². The summed E-state index contributed by atoms with van der Waals surface area (Å²) in [5, 5.41) is 14.6. The second-order valence-corrected chi connectivity index (χ2v) is 5.42. The lowest BCUT2D eigenvalue weighted by atomic mass is 10.1. The number of ether oxygens (including phenoxy) is 1. The highest BCUT2D eigenvalue weighted by atomic mass is 35.5. The number of carbonyl (C=O) groups excluding carboxylic acids is 1. The van der Waals surface area contributed by atoms with Crippen LogP contribution in [0.4, 0.5) is 0 Å². The molecule has 1 unspecified atom stereocenters. The zero-order chi connectivity index (χ0) is 16.8. The fraction of sp³-hybridized carbons (Fsp3) is 0.294. The topological polar surface area (TPSA) is 72.6 Å². The largest absolute Gasteiger partial charge is 0.462 e.